The number of likely N-dealkylation sites (N-methyl/N-ethyl adjacent to an activating group) is 1. The van der Waals surface area contributed by atoms with Crippen LogP contribution in [0.3, 0.4) is 0 Å². The normalized spacial score (nSPS) is 11.2. The van der Waals surface area contributed by atoms with E-state index in [1.54, 1.807) is 25.1 Å². The number of hydrogen-bond donors (Lipinski definition) is 0. The van der Waals surface area contributed by atoms with Crippen LogP contribution in [0.5, 0.6) is 0 Å². The van der Waals surface area contributed by atoms with Gasteiger partial charge in [0.1, 0.15) is 0 Å². The van der Waals surface area contributed by atoms with E-state index >= 15 is 0 Å². The number of benzene rings is 2. The molecule has 22 heavy (non-hydrogen) atoms. The summed E-state index contributed by atoms with van der Waals surface area (Å²) < 4.78 is 0. The average molecular weight is 291 g/mol. The summed E-state index contributed by atoms with van der Waals surface area (Å²) >= 11 is 0. The molecule has 0 aliphatic rings. The smallest absolute Gasteiger partial charge is 0.246 e. The number of carbonyl (C=O) groups excluding carboxylic acids is 1. The fourth-order valence-corrected chi connectivity index (χ4v) is 2.08. The lowest BCUT2D eigenvalue weighted by atomic mass is 10.0. The molecule has 2 aromatic carbocycles. The van der Waals surface area contributed by atoms with Crippen LogP contribution in [0.25, 0.3) is 12.2 Å². The SMILES string of the molecule is CN(C)C(=O)/C=C/c1ccccc1C/C=C/c1ccccc1. The highest BCUT2D eigenvalue weighted by molar-refractivity contribution is 5.91. The Hall–Kier alpha value is -2.61. The van der Waals surface area contributed by atoms with Crippen LogP contribution in [-0.2, 0) is 11.2 Å². The maximum atomic E-state index is 11.7. The first kappa shape index (κ1) is 15.8. The highest BCUT2D eigenvalue weighted by Crippen LogP contribution is 2.13. The summed E-state index contributed by atoms with van der Waals surface area (Å²) in [5.41, 5.74) is 3.48. The molecular formula is C20H21NO. The minimum Gasteiger partial charge on any atom is -0.345 e. The fraction of sp³-hybridized carbons (Fsp3) is 0.150. The topological polar surface area (TPSA) is 20.3 Å². The molecule has 2 rings (SSSR count). The van der Waals surface area contributed by atoms with Crippen LogP contribution in [0.15, 0.2) is 66.7 Å². The van der Waals surface area contributed by atoms with E-state index in [9.17, 15) is 4.79 Å². The lowest BCUT2D eigenvalue weighted by molar-refractivity contribution is -0.123. The third-order valence-electron chi connectivity index (χ3n) is 3.35. The van der Waals surface area contributed by atoms with Crippen molar-refractivity contribution in [2.45, 2.75) is 6.42 Å². The molecule has 2 heteroatoms. The van der Waals surface area contributed by atoms with Gasteiger partial charge in [0.15, 0.2) is 0 Å². The van der Waals surface area contributed by atoms with E-state index in [4.69, 9.17) is 0 Å². The number of rotatable bonds is 5. The Kier molecular flexibility index (Phi) is 5.73. The van der Waals surface area contributed by atoms with Crippen LogP contribution >= 0.6 is 0 Å². The van der Waals surface area contributed by atoms with Gasteiger partial charge in [-0.1, -0.05) is 66.7 Å². The van der Waals surface area contributed by atoms with Crippen molar-refractivity contribution >= 4 is 18.1 Å². The third kappa shape index (κ3) is 4.74. The zero-order chi connectivity index (χ0) is 15.8. The van der Waals surface area contributed by atoms with Gasteiger partial charge >= 0.3 is 0 Å². The molecule has 0 fully saturated rings. The van der Waals surface area contributed by atoms with Gasteiger partial charge in [-0.15, -0.1) is 0 Å². The molecule has 0 saturated heterocycles. The minimum absolute atomic E-state index is 0.00497. The summed E-state index contributed by atoms with van der Waals surface area (Å²) in [5.74, 6) is -0.00497. The first-order chi connectivity index (χ1) is 10.7. The molecule has 0 unspecified atom stereocenters. The monoisotopic (exact) mass is 291 g/mol. The van der Waals surface area contributed by atoms with Crippen LogP contribution in [0.2, 0.25) is 0 Å². The molecule has 1 amide bonds. The molecule has 0 saturated carbocycles. The Labute approximate surface area is 132 Å². The molecule has 0 radical (unpaired) electrons. The predicted molar refractivity (Wildman–Crippen MR) is 93.4 cm³/mol. The maximum Gasteiger partial charge on any atom is 0.246 e. The highest BCUT2D eigenvalue weighted by atomic mass is 16.2. The van der Waals surface area contributed by atoms with Gasteiger partial charge in [-0.25, -0.2) is 0 Å². The van der Waals surface area contributed by atoms with Crippen LogP contribution < -0.4 is 0 Å². The first-order valence-corrected chi connectivity index (χ1v) is 7.35. The summed E-state index contributed by atoms with van der Waals surface area (Å²) in [6, 6.07) is 18.4. The quantitative estimate of drug-likeness (QED) is 0.761. The van der Waals surface area contributed by atoms with Gasteiger partial charge in [0.05, 0.1) is 0 Å². The Bertz CT molecular complexity index is 669. The summed E-state index contributed by atoms with van der Waals surface area (Å²) in [6.45, 7) is 0. The number of carbonyl (C=O) groups is 1. The zero-order valence-electron chi connectivity index (χ0n) is 13.1. The molecular weight excluding hydrogens is 270 g/mol. The summed E-state index contributed by atoms with van der Waals surface area (Å²) in [7, 11) is 3.50. The number of hydrogen-bond acceptors (Lipinski definition) is 1. The van der Waals surface area contributed by atoms with Gasteiger partial charge in [-0.05, 0) is 29.2 Å². The van der Waals surface area contributed by atoms with Gasteiger partial charge in [0, 0.05) is 20.2 Å². The Balaban J connectivity index is 2.08. The first-order valence-electron chi connectivity index (χ1n) is 7.35. The maximum absolute atomic E-state index is 11.7. The van der Waals surface area contributed by atoms with Crippen molar-refractivity contribution in [3.63, 3.8) is 0 Å². The van der Waals surface area contributed by atoms with Gasteiger partial charge < -0.3 is 4.90 Å². The predicted octanol–water partition coefficient (Wildman–Crippen LogP) is 4.04. The Morgan fingerprint density at radius 2 is 1.64 bits per heavy atom. The van der Waals surface area contributed by atoms with Crippen LogP contribution in [-0.4, -0.2) is 24.9 Å². The van der Waals surface area contributed by atoms with Crippen molar-refractivity contribution in [3.8, 4) is 0 Å². The van der Waals surface area contributed by atoms with Gasteiger partial charge in [-0.3, -0.25) is 4.79 Å². The second-order valence-electron chi connectivity index (χ2n) is 5.28. The van der Waals surface area contributed by atoms with E-state index in [2.05, 4.69) is 30.4 Å². The van der Waals surface area contributed by atoms with E-state index in [-0.39, 0.29) is 5.91 Å². The standard InChI is InChI=1S/C20H21NO/c1-21(2)20(22)16-15-19-13-7-6-12-18(19)14-8-11-17-9-4-3-5-10-17/h3-13,15-16H,14H2,1-2H3/b11-8+,16-15+. The molecule has 2 nitrogen and oxygen atoms in total. The second-order valence-corrected chi connectivity index (χ2v) is 5.28. The number of allylic oxidation sites excluding steroid dienone is 1. The van der Waals surface area contributed by atoms with Gasteiger partial charge in [0.2, 0.25) is 5.91 Å². The fourth-order valence-electron chi connectivity index (χ4n) is 2.08. The zero-order valence-corrected chi connectivity index (χ0v) is 13.1. The van der Waals surface area contributed by atoms with Crippen molar-refractivity contribution in [2.75, 3.05) is 14.1 Å². The number of nitrogens with zero attached hydrogens (tertiary/aromatic N) is 1. The van der Waals surface area contributed by atoms with Crippen molar-refractivity contribution in [3.05, 3.63) is 83.4 Å². The highest BCUT2D eigenvalue weighted by Gasteiger charge is 2.00. The Morgan fingerprint density at radius 1 is 0.955 bits per heavy atom. The van der Waals surface area contributed by atoms with Crippen molar-refractivity contribution in [1.82, 2.24) is 4.90 Å². The van der Waals surface area contributed by atoms with Crippen molar-refractivity contribution < 1.29 is 4.79 Å². The van der Waals surface area contributed by atoms with Crippen molar-refractivity contribution in [2.24, 2.45) is 0 Å². The number of amides is 1. The van der Waals surface area contributed by atoms with E-state index in [0.29, 0.717) is 0 Å². The molecule has 0 spiro atoms. The minimum atomic E-state index is -0.00497. The molecule has 0 N–H and O–H groups in total. The molecule has 112 valence electrons. The van der Waals surface area contributed by atoms with Crippen molar-refractivity contribution in [1.29, 1.82) is 0 Å². The average Bonchev–Trinajstić information content (AvgIpc) is 2.54. The van der Waals surface area contributed by atoms with Crippen LogP contribution in [0.4, 0.5) is 0 Å². The molecule has 0 aliphatic carbocycles. The molecule has 0 bridgehead atoms. The van der Waals surface area contributed by atoms with E-state index < -0.39 is 0 Å². The third-order valence-corrected chi connectivity index (χ3v) is 3.35. The van der Waals surface area contributed by atoms with Gasteiger partial charge in [-0.2, -0.15) is 0 Å². The summed E-state index contributed by atoms with van der Waals surface area (Å²) in [5, 5.41) is 0. The molecule has 2 aromatic rings. The van der Waals surface area contributed by atoms with Crippen LogP contribution in [0, 0.1) is 0 Å². The van der Waals surface area contributed by atoms with E-state index in [1.165, 1.54) is 11.1 Å². The largest absolute Gasteiger partial charge is 0.345 e. The Morgan fingerprint density at radius 3 is 2.36 bits per heavy atom. The molecule has 0 aromatic heterocycles. The lowest BCUT2D eigenvalue weighted by Gasteiger charge is -2.06. The lowest BCUT2D eigenvalue weighted by Crippen LogP contribution is -2.18. The molecule has 0 atom stereocenters. The molecule has 0 heterocycles. The summed E-state index contributed by atoms with van der Waals surface area (Å²) in [4.78, 5) is 13.2. The second kappa shape index (κ2) is 7.99. The van der Waals surface area contributed by atoms with Crippen LogP contribution in [0.1, 0.15) is 16.7 Å². The van der Waals surface area contributed by atoms with E-state index in [1.807, 2.05) is 42.5 Å². The van der Waals surface area contributed by atoms with E-state index in [0.717, 1.165) is 12.0 Å². The molecule has 0 aliphatic heterocycles. The van der Waals surface area contributed by atoms with Gasteiger partial charge in [0.25, 0.3) is 0 Å². The summed E-state index contributed by atoms with van der Waals surface area (Å²) in [6.07, 6.45) is 8.60.